The van der Waals surface area contributed by atoms with Crippen molar-refractivity contribution in [3.63, 3.8) is 0 Å². The highest BCUT2D eigenvalue weighted by Crippen LogP contribution is 2.44. The SMILES string of the molecule is COC1C2=CC(C)=CC(Cl)C2CC1C. The third kappa shape index (κ3) is 1.53. The van der Waals surface area contributed by atoms with Gasteiger partial charge in [0, 0.05) is 13.0 Å². The molecule has 2 aliphatic rings. The molecule has 0 aromatic heterocycles. The van der Waals surface area contributed by atoms with E-state index in [9.17, 15) is 0 Å². The molecular weight excluding hydrogens is 196 g/mol. The molecule has 2 heteroatoms. The van der Waals surface area contributed by atoms with Crippen LogP contribution >= 0.6 is 11.6 Å². The molecule has 78 valence electrons. The Morgan fingerprint density at radius 1 is 1.50 bits per heavy atom. The Morgan fingerprint density at radius 3 is 2.86 bits per heavy atom. The number of hydrogen-bond donors (Lipinski definition) is 0. The average molecular weight is 213 g/mol. The van der Waals surface area contributed by atoms with Crippen LogP contribution in [0.25, 0.3) is 0 Å². The molecule has 14 heavy (non-hydrogen) atoms. The minimum atomic E-state index is 0.164. The monoisotopic (exact) mass is 212 g/mol. The van der Waals surface area contributed by atoms with E-state index in [1.54, 1.807) is 7.11 Å². The van der Waals surface area contributed by atoms with E-state index in [1.807, 2.05) is 0 Å². The number of fused-ring (bicyclic) bond motifs is 1. The van der Waals surface area contributed by atoms with Crippen LogP contribution in [0, 0.1) is 11.8 Å². The minimum absolute atomic E-state index is 0.164. The van der Waals surface area contributed by atoms with Crippen molar-refractivity contribution in [2.75, 3.05) is 7.11 Å². The standard InChI is InChI=1S/C12H17ClO/c1-7-4-10-9(11(13)5-7)6-8(2)12(10)14-3/h4-5,8-9,11-12H,6H2,1-3H3. The first-order chi connectivity index (χ1) is 6.63. The molecule has 2 rings (SSSR count). The van der Waals surface area contributed by atoms with E-state index < -0.39 is 0 Å². The molecule has 0 radical (unpaired) electrons. The second kappa shape index (κ2) is 3.71. The van der Waals surface area contributed by atoms with Crippen molar-refractivity contribution in [1.29, 1.82) is 0 Å². The van der Waals surface area contributed by atoms with Gasteiger partial charge in [0.05, 0.1) is 11.5 Å². The van der Waals surface area contributed by atoms with Gasteiger partial charge in [-0.2, -0.15) is 0 Å². The number of halogens is 1. The number of methoxy groups -OCH3 is 1. The van der Waals surface area contributed by atoms with E-state index in [0.29, 0.717) is 11.8 Å². The van der Waals surface area contributed by atoms with Gasteiger partial charge in [-0.15, -0.1) is 11.6 Å². The molecule has 0 amide bonds. The first kappa shape index (κ1) is 10.3. The lowest BCUT2D eigenvalue weighted by molar-refractivity contribution is 0.103. The van der Waals surface area contributed by atoms with E-state index in [-0.39, 0.29) is 11.5 Å². The van der Waals surface area contributed by atoms with Crippen molar-refractivity contribution in [3.05, 3.63) is 23.3 Å². The first-order valence-corrected chi connectivity index (χ1v) is 5.64. The molecule has 0 spiro atoms. The predicted molar refractivity (Wildman–Crippen MR) is 59.5 cm³/mol. The maximum absolute atomic E-state index is 6.33. The molecule has 0 N–H and O–H groups in total. The van der Waals surface area contributed by atoms with Crippen LogP contribution in [0.2, 0.25) is 0 Å². The summed E-state index contributed by atoms with van der Waals surface area (Å²) in [4.78, 5) is 0. The number of hydrogen-bond acceptors (Lipinski definition) is 1. The predicted octanol–water partition coefficient (Wildman–Crippen LogP) is 3.15. The molecule has 2 aliphatic carbocycles. The zero-order chi connectivity index (χ0) is 10.3. The summed E-state index contributed by atoms with van der Waals surface area (Å²) in [5, 5.41) is 0.164. The molecule has 0 aromatic rings. The van der Waals surface area contributed by atoms with Gasteiger partial charge < -0.3 is 4.74 Å². The topological polar surface area (TPSA) is 9.23 Å². The summed E-state index contributed by atoms with van der Waals surface area (Å²) in [7, 11) is 1.79. The molecule has 0 aliphatic heterocycles. The Labute approximate surface area is 90.8 Å². The third-order valence-corrected chi connectivity index (χ3v) is 3.78. The number of rotatable bonds is 1. The second-order valence-corrected chi connectivity index (χ2v) is 4.98. The maximum atomic E-state index is 6.33. The van der Waals surface area contributed by atoms with Crippen molar-refractivity contribution in [1.82, 2.24) is 0 Å². The molecule has 0 aromatic carbocycles. The summed E-state index contributed by atoms with van der Waals surface area (Å²) >= 11 is 6.33. The Kier molecular flexibility index (Phi) is 2.72. The summed E-state index contributed by atoms with van der Waals surface area (Å²) in [6.45, 7) is 4.35. The average Bonchev–Trinajstić information content (AvgIpc) is 2.41. The smallest absolute Gasteiger partial charge is 0.0813 e. The fraction of sp³-hybridized carbons (Fsp3) is 0.667. The van der Waals surface area contributed by atoms with Crippen LogP contribution in [-0.4, -0.2) is 18.6 Å². The fourth-order valence-electron chi connectivity index (χ4n) is 2.75. The lowest BCUT2D eigenvalue weighted by atomic mass is 9.90. The highest BCUT2D eigenvalue weighted by atomic mass is 35.5. The summed E-state index contributed by atoms with van der Waals surface area (Å²) in [5.74, 6) is 1.09. The Hall–Kier alpha value is -0.270. The maximum Gasteiger partial charge on any atom is 0.0813 e. The molecule has 1 fully saturated rings. The summed E-state index contributed by atoms with van der Waals surface area (Å²) in [5.41, 5.74) is 2.67. The molecule has 4 atom stereocenters. The molecule has 0 heterocycles. The molecular formula is C12H17ClO. The van der Waals surface area contributed by atoms with Gasteiger partial charge in [0.2, 0.25) is 0 Å². The van der Waals surface area contributed by atoms with Gasteiger partial charge in [-0.3, -0.25) is 0 Å². The van der Waals surface area contributed by atoms with E-state index in [1.165, 1.54) is 11.1 Å². The third-order valence-electron chi connectivity index (χ3n) is 3.35. The molecule has 4 unspecified atom stereocenters. The van der Waals surface area contributed by atoms with Crippen molar-refractivity contribution in [2.24, 2.45) is 11.8 Å². The lowest BCUT2D eigenvalue weighted by Gasteiger charge is -2.23. The molecule has 0 saturated heterocycles. The fourth-order valence-corrected chi connectivity index (χ4v) is 3.20. The van der Waals surface area contributed by atoms with Gasteiger partial charge in [-0.25, -0.2) is 0 Å². The summed E-state index contributed by atoms with van der Waals surface area (Å²) in [6, 6.07) is 0. The Balaban J connectivity index is 2.31. The Bertz CT molecular complexity index is 289. The summed E-state index contributed by atoms with van der Waals surface area (Å²) < 4.78 is 5.54. The van der Waals surface area contributed by atoms with Gasteiger partial charge in [0.15, 0.2) is 0 Å². The Morgan fingerprint density at radius 2 is 2.21 bits per heavy atom. The zero-order valence-corrected chi connectivity index (χ0v) is 9.71. The van der Waals surface area contributed by atoms with Crippen molar-refractivity contribution in [2.45, 2.75) is 31.7 Å². The number of alkyl halides is 1. The van der Waals surface area contributed by atoms with Gasteiger partial charge in [0.25, 0.3) is 0 Å². The van der Waals surface area contributed by atoms with Crippen LogP contribution < -0.4 is 0 Å². The van der Waals surface area contributed by atoms with E-state index in [4.69, 9.17) is 16.3 Å². The molecule has 1 nitrogen and oxygen atoms in total. The van der Waals surface area contributed by atoms with Crippen molar-refractivity contribution in [3.8, 4) is 0 Å². The van der Waals surface area contributed by atoms with Crippen LogP contribution in [0.5, 0.6) is 0 Å². The van der Waals surface area contributed by atoms with Crippen LogP contribution in [0.4, 0.5) is 0 Å². The van der Waals surface area contributed by atoms with E-state index >= 15 is 0 Å². The van der Waals surface area contributed by atoms with Crippen LogP contribution in [0.15, 0.2) is 23.3 Å². The highest BCUT2D eigenvalue weighted by Gasteiger charge is 2.40. The van der Waals surface area contributed by atoms with E-state index in [2.05, 4.69) is 26.0 Å². The first-order valence-electron chi connectivity index (χ1n) is 5.20. The largest absolute Gasteiger partial charge is 0.377 e. The van der Waals surface area contributed by atoms with Crippen LogP contribution in [0.1, 0.15) is 20.3 Å². The summed E-state index contributed by atoms with van der Waals surface area (Å²) in [6.07, 6.45) is 5.84. The molecule has 0 bridgehead atoms. The normalized spacial score (nSPS) is 41.7. The highest BCUT2D eigenvalue weighted by molar-refractivity contribution is 6.22. The van der Waals surface area contributed by atoms with Crippen LogP contribution in [0.3, 0.4) is 0 Å². The lowest BCUT2D eigenvalue weighted by Crippen LogP contribution is -2.20. The van der Waals surface area contributed by atoms with Gasteiger partial charge in [-0.05, 0) is 24.8 Å². The molecule has 1 saturated carbocycles. The van der Waals surface area contributed by atoms with Gasteiger partial charge in [-0.1, -0.05) is 24.6 Å². The van der Waals surface area contributed by atoms with E-state index in [0.717, 1.165) is 6.42 Å². The zero-order valence-electron chi connectivity index (χ0n) is 8.96. The number of allylic oxidation sites excluding steroid dienone is 3. The minimum Gasteiger partial charge on any atom is -0.377 e. The second-order valence-electron chi connectivity index (χ2n) is 4.48. The van der Waals surface area contributed by atoms with Crippen molar-refractivity contribution < 1.29 is 4.74 Å². The quantitative estimate of drug-likeness (QED) is 0.607. The van der Waals surface area contributed by atoms with Crippen LogP contribution in [-0.2, 0) is 4.74 Å². The number of ether oxygens (including phenoxy) is 1. The van der Waals surface area contributed by atoms with Gasteiger partial charge in [0.1, 0.15) is 0 Å². The van der Waals surface area contributed by atoms with Gasteiger partial charge >= 0.3 is 0 Å². The van der Waals surface area contributed by atoms with Crippen molar-refractivity contribution >= 4 is 11.6 Å².